The Morgan fingerprint density at radius 1 is 0.475 bits per heavy atom. The summed E-state index contributed by atoms with van der Waals surface area (Å²) >= 11 is 0. The number of halogens is 12. The average molecular weight is 852 g/mol. The number of rotatable bonds is 19. The minimum atomic E-state index is -4.66. The molecule has 0 bridgehead atoms. The molecule has 1 unspecified atom stereocenters. The second-order valence-corrected chi connectivity index (χ2v) is 13.7. The Balaban J connectivity index is 0.000000809. The van der Waals surface area contributed by atoms with Crippen molar-refractivity contribution in [2.24, 2.45) is 0 Å². The van der Waals surface area contributed by atoms with Crippen LogP contribution < -0.4 is 18.9 Å². The molecule has 0 saturated carbocycles. The fourth-order valence-electron chi connectivity index (χ4n) is 5.75. The van der Waals surface area contributed by atoms with E-state index < -0.39 is 54.3 Å². The highest BCUT2D eigenvalue weighted by Crippen LogP contribution is 2.36. The molecule has 4 nitrogen and oxygen atoms in total. The molecule has 0 aliphatic carbocycles. The van der Waals surface area contributed by atoms with Crippen LogP contribution in [0.15, 0.2) is 91.0 Å². The van der Waals surface area contributed by atoms with E-state index in [1.807, 2.05) is 0 Å². The highest BCUT2D eigenvalue weighted by molar-refractivity contribution is 6.39. The van der Waals surface area contributed by atoms with Gasteiger partial charge < -0.3 is 18.9 Å². The van der Waals surface area contributed by atoms with Crippen LogP contribution in [-0.2, 0) is 24.7 Å². The summed E-state index contributed by atoms with van der Waals surface area (Å²) in [5.74, 6) is -0.377. The van der Waals surface area contributed by atoms with Crippen molar-refractivity contribution in [1.82, 2.24) is 0 Å². The highest BCUT2D eigenvalue weighted by atomic mass is 19.4. The first-order valence-electron chi connectivity index (χ1n) is 19.1. The van der Waals surface area contributed by atoms with Gasteiger partial charge in [0.05, 0.1) is 30.3 Å². The Labute approximate surface area is 336 Å². The Hall–Kier alpha value is -4.54. The van der Waals surface area contributed by atoms with Crippen molar-refractivity contribution < 1.29 is 71.5 Å². The number of benzene rings is 4. The lowest BCUT2D eigenvalue weighted by atomic mass is 10.1. The van der Waals surface area contributed by atoms with Gasteiger partial charge in [-0.1, -0.05) is 70.3 Å². The van der Waals surface area contributed by atoms with Crippen molar-refractivity contribution in [3.8, 4) is 17.2 Å². The molecule has 0 radical (unpaired) electrons. The monoisotopic (exact) mass is 851 g/mol. The molecule has 324 valence electrons. The zero-order valence-corrected chi connectivity index (χ0v) is 32.5. The van der Waals surface area contributed by atoms with E-state index in [9.17, 15) is 52.7 Å². The molecule has 4 aromatic rings. The Morgan fingerprint density at radius 2 is 0.847 bits per heavy atom. The molecule has 0 aliphatic rings. The smallest absolute Gasteiger partial charge is 0.490 e. The molecule has 1 atom stereocenters. The normalized spacial score (nSPS) is 12.6. The van der Waals surface area contributed by atoms with Gasteiger partial charge in [-0.05, 0) is 73.5 Å². The van der Waals surface area contributed by atoms with E-state index in [1.54, 1.807) is 7.05 Å². The van der Waals surface area contributed by atoms with Gasteiger partial charge in [0.2, 0.25) is 0 Å². The molecule has 0 amide bonds. The number of unbranched alkanes of at least 4 members (excludes halogenated alkanes) is 10. The van der Waals surface area contributed by atoms with E-state index in [4.69, 9.17) is 14.0 Å². The van der Waals surface area contributed by atoms with Gasteiger partial charge in [-0.2, -0.15) is 83.0 Å². The van der Waals surface area contributed by atoms with Gasteiger partial charge >= 0.3 is 32.0 Å². The molecule has 0 aliphatic heterocycles. The standard InChI is InChI=1S/C35H41BF9NO3.C7H4F3/c1-3-4-5-6-7-8-9-10-11-12-13-24-46(2)31-25-28(35(43,44)45)18-23-32(31)49-36(47-29-19-14-26(15-20-29)33(37,38)39)48-30-21-16-27(17-22-30)34(40,41)42;8-7(9,10)6-4-2-1-3-5-6/h14-23,25H,3-13,24H2,1-2H3;2-5H/q;-1/p+1. The summed E-state index contributed by atoms with van der Waals surface area (Å²) in [6, 6.07) is 16.8. The lowest BCUT2D eigenvalue weighted by Gasteiger charge is -2.22. The van der Waals surface area contributed by atoms with Crippen molar-refractivity contribution >= 4 is 13.0 Å². The molecule has 4 rings (SSSR count). The Kier molecular flexibility index (Phi) is 18.8. The van der Waals surface area contributed by atoms with Crippen molar-refractivity contribution in [3.05, 3.63) is 119 Å². The molecular weight excluding hydrogens is 805 g/mol. The van der Waals surface area contributed by atoms with Crippen LogP contribution in [0.5, 0.6) is 17.2 Å². The molecule has 1 N–H and O–H groups in total. The zero-order chi connectivity index (χ0) is 43.7. The number of hydrogen-bond acceptors (Lipinski definition) is 3. The van der Waals surface area contributed by atoms with Crippen molar-refractivity contribution in [2.45, 2.75) is 102 Å². The van der Waals surface area contributed by atoms with Gasteiger partial charge in [0.1, 0.15) is 11.5 Å². The van der Waals surface area contributed by atoms with Crippen molar-refractivity contribution in [2.75, 3.05) is 13.6 Å². The van der Waals surface area contributed by atoms with Crippen LogP contribution in [0.3, 0.4) is 0 Å². The topological polar surface area (TPSA) is 32.1 Å². The van der Waals surface area contributed by atoms with E-state index in [-0.39, 0.29) is 22.9 Å². The van der Waals surface area contributed by atoms with Crippen LogP contribution in [0.1, 0.15) is 99.8 Å². The maximum atomic E-state index is 13.7. The first-order valence-corrected chi connectivity index (χ1v) is 19.1. The van der Waals surface area contributed by atoms with Gasteiger partial charge in [0.15, 0.2) is 11.4 Å². The van der Waals surface area contributed by atoms with Gasteiger partial charge in [-0.3, -0.25) is 0 Å². The minimum Gasteiger partial charge on any atom is -0.490 e. The first kappa shape index (κ1) is 48.8. The van der Waals surface area contributed by atoms with E-state index in [1.165, 1.54) is 50.7 Å². The lowest BCUT2D eigenvalue weighted by molar-refractivity contribution is -0.810. The third-order valence-electron chi connectivity index (χ3n) is 9.02. The fourth-order valence-corrected chi connectivity index (χ4v) is 5.75. The summed E-state index contributed by atoms with van der Waals surface area (Å²) in [6.07, 6.45) is -5.93. The molecule has 4 aromatic carbocycles. The van der Waals surface area contributed by atoms with Gasteiger partial charge in [0.25, 0.3) is 0 Å². The van der Waals surface area contributed by atoms with Crippen LogP contribution in [0.4, 0.5) is 58.4 Å². The molecular formula is C42H46BF12NO3. The molecule has 0 heterocycles. The van der Waals surface area contributed by atoms with Crippen LogP contribution in [0.25, 0.3) is 0 Å². The Morgan fingerprint density at radius 3 is 1.24 bits per heavy atom. The van der Waals surface area contributed by atoms with E-state index in [0.717, 1.165) is 111 Å². The highest BCUT2D eigenvalue weighted by Gasteiger charge is 2.37. The van der Waals surface area contributed by atoms with Crippen LogP contribution in [0, 0.1) is 6.07 Å². The molecule has 59 heavy (non-hydrogen) atoms. The molecule has 0 fully saturated rings. The van der Waals surface area contributed by atoms with Gasteiger partial charge in [-0.15, -0.1) is 0 Å². The Bertz CT molecular complexity index is 1720. The van der Waals surface area contributed by atoms with E-state index in [2.05, 4.69) is 13.0 Å². The maximum absolute atomic E-state index is 13.7. The minimum absolute atomic E-state index is 0.0719. The van der Waals surface area contributed by atoms with E-state index in [0.29, 0.717) is 11.4 Å². The van der Waals surface area contributed by atoms with Crippen molar-refractivity contribution in [1.29, 1.82) is 0 Å². The number of hydrogen-bond donors (Lipinski definition) is 1. The third kappa shape index (κ3) is 17.7. The maximum Gasteiger partial charge on any atom is 0.864 e. The predicted molar refractivity (Wildman–Crippen MR) is 200 cm³/mol. The van der Waals surface area contributed by atoms with Crippen LogP contribution in [0.2, 0.25) is 0 Å². The fraction of sp³-hybridized carbons (Fsp3) is 0.429. The molecule has 0 saturated heterocycles. The number of nitrogens with one attached hydrogen (secondary N) is 1. The third-order valence-corrected chi connectivity index (χ3v) is 9.02. The first-order chi connectivity index (χ1) is 27.7. The van der Waals surface area contributed by atoms with Crippen molar-refractivity contribution in [3.63, 3.8) is 0 Å². The predicted octanol–water partition coefficient (Wildman–Crippen LogP) is 13.2. The zero-order valence-electron chi connectivity index (χ0n) is 32.5. The average Bonchev–Trinajstić information content (AvgIpc) is 3.16. The lowest BCUT2D eigenvalue weighted by Crippen LogP contribution is -3.04. The van der Waals surface area contributed by atoms with Gasteiger partial charge in [0, 0.05) is 6.07 Å². The second-order valence-electron chi connectivity index (χ2n) is 13.7. The summed E-state index contributed by atoms with van der Waals surface area (Å²) in [7, 11) is -0.125. The summed E-state index contributed by atoms with van der Waals surface area (Å²) in [5.41, 5.74) is -3.35. The summed E-state index contributed by atoms with van der Waals surface area (Å²) < 4.78 is 172. The summed E-state index contributed by atoms with van der Waals surface area (Å²) in [5, 5.41) is 0. The largest absolute Gasteiger partial charge is 0.864 e. The number of quaternary nitrogens is 1. The second kappa shape index (κ2) is 22.7. The quantitative estimate of drug-likeness (QED) is 0.0441. The molecule has 17 heteroatoms. The van der Waals surface area contributed by atoms with Crippen LogP contribution >= 0.6 is 0 Å². The van der Waals surface area contributed by atoms with E-state index >= 15 is 0 Å². The summed E-state index contributed by atoms with van der Waals surface area (Å²) in [4.78, 5) is 0.597. The van der Waals surface area contributed by atoms with Gasteiger partial charge in [-0.25, -0.2) is 0 Å². The van der Waals surface area contributed by atoms with Crippen LogP contribution in [-0.4, -0.2) is 20.9 Å². The SMILES string of the molecule is CCCCCCCCCCCCC[NH+](C)c1cc(C(F)(F)F)ccc1OB(Oc1ccc(C(F)(F)F)cc1)Oc1ccc(C(F)(F)F)cc1.FC(F)(F)c1cc[c-]cc1. The molecule has 0 aromatic heterocycles. The molecule has 0 spiro atoms. The summed E-state index contributed by atoms with van der Waals surface area (Å²) in [6.45, 7) is 2.65. The number of alkyl halides is 12.